The molecule has 3 aromatic rings. The van der Waals surface area contributed by atoms with Gasteiger partial charge in [0.2, 0.25) is 0 Å². The highest BCUT2D eigenvalue weighted by Crippen LogP contribution is 2.20. The maximum absolute atomic E-state index is 12.7. The number of nitrogens with one attached hydrogen (secondary N) is 2. The molecule has 1 aliphatic rings. The van der Waals surface area contributed by atoms with Crippen LogP contribution in [0, 0.1) is 6.92 Å². The normalized spacial score (nSPS) is 13.4. The van der Waals surface area contributed by atoms with E-state index < -0.39 is 0 Å². The number of amides is 1. The van der Waals surface area contributed by atoms with Crippen LogP contribution in [-0.4, -0.2) is 33.8 Å². The van der Waals surface area contributed by atoms with Gasteiger partial charge in [0.05, 0.1) is 11.6 Å². The van der Waals surface area contributed by atoms with E-state index in [1.54, 1.807) is 11.3 Å². The van der Waals surface area contributed by atoms with Crippen molar-refractivity contribution >= 4 is 17.2 Å². The minimum Gasteiger partial charge on any atom is -0.350 e. The van der Waals surface area contributed by atoms with Crippen molar-refractivity contribution in [2.45, 2.75) is 32.9 Å². The quantitative estimate of drug-likeness (QED) is 0.687. The molecule has 7 heteroatoms. The lowest BCUT2D eigenvalue weighted by atomic mass is 10.1. The van der Waals surface area contributed by atoms with Crippen LogP contribution in [-0.2, 0) is 25.9 Å². The molecule has 0 atom stereocenters. The van der Waals surface area contributed by atoms with Gasteiger partial charge in [-0.3, -0.25) is 9.48 Å². The van der Waals surface area contributed by atoms with Gasteiger partial charge >= 0.3 is 0 Å². The van der Waals surface area contributed by atoms with Crippen molar-refractivity contribution in [2.75, 3.05) is 13.1 Å². The van der Waals surface area contributed by atoms with Gasteiger partial charge in [-0.15, -0.1) is 11.3 Å². The lowest BCUT2D eigenvalue weighted by molar-refractivity contribution is 0.0947. The van der Waals surface area contributed by atoms with E-state index in [0.717, 1.165) is 35.7 Å². The number of hydrogen-bond donors (Lipinski definition) is 2. The average molecular weight is 382 g/mol. The molecule has 2 N–H and O–H groups in total. The first-order valence-electron chi connectivity index (χ1n) is 9.23. The van der Waals surface area contributed by atoms with Gasteiger partial charge in [0.25, 0.3) is 5.91 Å². The molecular formula is C20H23N5OS. The molecule has 0 bridgehead atoms. The summed E-state index contributed by atoms with van der Waals surface area (Å²) in [6, 6.07) is 10.2. The number of rotatable bonds is 6. The highest BCUT2D eigenvalue weighted by Gasteiger charge is 2.24. The van der Waals surface area contributed by atoms with Gasteiger partial charge in [-0.2, -0.15) is 5.10 Å². The summed E-state index contributed by atoms with van der Waals surface area (Å²) in [6.07, 6.45) is 1.64. The van der Waals surface area contributed by atoms with Crippen molar-refractivity contribution in [3.8, 4) is 0 Å². The van der Waals surface area contributed by atoms with Gasteiger partial charge in [-0.25, -0.2) is 4.98 Å². The third-order valence-corrected chi connectivity index (χ3v) is 5.71. The Labute approximate surface area is 162 Å². The fourth-order valence-corrected chi connectivity index (χ4v) is 4.15. The zero-order valence-electron chi connectivity index (χ0n) is 15.4. The van der Waals surface area contributed by atoms with Crippen LogP contribution >= 0.6 is 11.3 Å². The second-order valence-corrected chi connectivity index (χ2v) is 7.68. The first kappa shape index (κ1) is 17.9. The number of hydrogen-bond acceptors (Lipinski definition) is 5. The van der Waals surface area contributed by atoms with Gasteiger partial charge in [0, 0.05) is 54.8 Å². The van der Waals surface area contributed by atoms with Gasteiger partial charge in [-0.05, 0) is 12.5 Å². The van der Waals surface area contributed by atoms with Crippen molar-refractivity contribution in [1.82, 2.24) is 25.4 Å². The lowest BCUT2D eigenvalue weighted by Gasteiger charge is -2.15. The number of fused-ring (bicyclic) bond motifs is 1. The van der Waals surface area contributed by atoms with Crippen LogP contribution in [0.2, 0.25) is 0 Å². The van der Waals surface area contributed by atoms with E-state index >= 15 is 0 Å². The first-order valence-corrected chi connectivity index (χ1v) is 10.1. The second kappa shape index (κ2) is 8.02. The van der Waals surface area contributed by atoms with E-state index in [0.29, 0.717) is 25.3 Å². The minimum absolute atomic E-state index is 0.102. The molecule has 0 radical (unpaired) electrons. The molecule has 0 saturated carbocycles. The van der Waals surface area contributed by atoms with Gasteiger partial charge in [-0.1, -0.05) is 30.3 Å². The highest BCUT2D eigenvalue weighted by molar-refractivity contribution is 7.09. The van der Waals surface area contributed by atoms with E-state index in [1.165, 1.54) is 11.3 Å². The summed E-state index contributed by atoms with van der Waals surface area (Å²) in [4.78, 5) is 17.2. The Morgan fingerprint density at radius 1 is 1.33 bits per heavy atom. The van der Waals surface area contributed by atoms with Crippen molar-refractivity contribution in [1.29, 1.82) is 0 Å². The number of nitrogens with zero attached hydrogens (tertiary/aromatic N) is 3. The van der Waals surface area contributed by atoms with Crippen LogP contribution in [0.1, 0.15) is 38.0 Å². The molecule has 0 unspecified atom stereocenters. The first-order chi connectivity index (χ1) is 13.2. The maximum atomic E-state index is 12.7. The molecule has 0 fully saturated rings. The van der Waals surface area contributed by atoms with Crippen LogP contribution in [0.25, 0.3) is 0 Å². The minimum atomic E-state index is -0.102. The average Bonchev–Trinajstić information content (AvgIpc) is 3.26. The number of aryl methyl sites for hydroxylation is 1. The maximum Gasteiger partial charge on any atom is 0.272 e. The number of thiazole rings is 1. The summed E-state index contributed by atoms with van der Waals surface area (Å²) in [5, 5.41) is 14.1. The largest absolute Gasteiger partial charge is 0.350 e. The molecule has 2 aromatic heterocycles. The predicted octanol–water partition coefficient (Wildman–Crippen LogP) is 2.31. The van der Waals surface area contributed by atoms with Crippen molar-refractivity contribution in [3.63, 3.8) is 0 Å². The van der Waals surface area contributed by atoms with E-state index in [4.69, 9.17) is 0 Å². The summed E-state index contributed by atoms with van der Waals surface area (Å²) in [7, 11) is 0. The highest BCUT2D eigenvalue weighted by atomic mass is 32.1. The molecule has 1 aromatic carbocycles. The Bertz CT molecular complexity index is 931. The third-order valence-electron chi connectivity index (χ3n) is 4.69. The Kier molecular flexibility index (Phi) is 5.31. The Hall–Kier alpha value is -2.51. The molecule has 0 spiro atoms. The van der Waals surface area contributed by atoms with E-state index in [-0.39, 0.29) is 5.91 Å². The molecule has 27 heavy (non-hydrogen) atoms. The van der Waals surface area contributed by atoms with Crippen LogP contribution in [0.3, 0.4) is 0 Å². The molecule has 3 heterocycles. The molecule has 0 saturated heterocycles. The van der Waals surface area contributed by atoms with Crippen LogP contribution < -0.4 is 10.6 Å². The molecule has 0 aliphatic carbocycles. The van der Waals surface area contributed by atoms with Crippen molar-refractivity contribution < 1.29 is 4.79 Å². The molecule has 4 rings (SSSR count). The standard InChI is InChI=1S/C20H23N5OS/c1-14-13-27-18(23-14)8-10-22-20(26)19-16-11-21-9-7-17(16)25(24-19)12-15-5-3-2-4-6-15/h2-6,13,21H,7-12H2,1H3,(H,22,26). The molecule has 6 nitrogen and oxygen atoms in total. The summed E-state index contributed by atoms with van der Waals surface area (Å²) < 4.78 is 1.99. The summed E-state index contributed by atoms with van der Waals surface area (Å²) in [5.41, 5.74) is 4.95. The van der Waals surface area contributed by atoms with Gasteiger partial charge in [0.15, 0.2) is 5.69 Å². The van der Waals surface area contributed by atoms with Crippen LogP contribution in [0.4, 0.5) is 0 Å². The fourth-order valence-electron chi connectivity index (χ4n) is 3.37. The summed E-state index contributed by atoms with van der Waals surface area (Å²) in [5.74, 6) is -0.102. The number of aromatic nitrogens is 3. The second-order valence-electron chi connectivity index (χ2n) is 6.73. The van der Waals surface area contributed by atoms with Gasteiger partial charge < -0.3 is 10.6 Å². The molecule has 140 valence electrons. The predicted molar refractivity (Wildman–Crippen MR) is 106 cm³/mol. The van der Waals surface area contributed by atoms with Gasteiger partial charge in [0.1, 0.15) is 0 Å². The Morgan fingerprint density at radius 3 is 2.96 bits per heavy atom. The van der Waals surface area contributed by atoms with Crippen LogP contribution in [0.5, 0.6) is 0 Å². The zero-order valence-corrected chi connectivity index (χ0v) is 16.2. The van der Waals surface area contributed by atoms with Crippen molar-refractivity contribution in [3.05, 3.63) is 68.9 Å². The Morgan fingerprint density at radius 2 is 2.19 bits per heavy atom. The number of carbonyl (C=O) groups is 1. The summed E-state index contributed by atoms with van der Waals surface area (Å²) in [6.45, 7) is 4.85. The molecular weight excluding hydrogens is 358 g/mol. The SMILES string of the molecule is Cc1csc(CCNC(=O)c2nn(Cc3ccccc3)c3c2CNCC3)n1. The number of benzene rings is 1. The Balaban J connectivity index is 1.48. The zero-order chi connectivity index (χ0) is 18.6. The van der Waals surface area contributed by atoms with E-state index in [1.807, 2.05) is 35.2 Å². The molecule has 1 amide bonds. The third kappa shape index (κ3) is 4.09. The fraction of sp³-hybridized carbons (Fsp3) is 0.350. The summed E-state index contributed by atoms with van der Waals surface area (Å²) >= 11 is 1.63. The van der Waals surface area contributed by atoms with E-state index in [9.17, 15) is 4.79 Å². The number of carbonyl (C=O) groups excluding carboxylic acids is 1. The topological polar surface area (TPSA) is 71.8 Å². The lowest BCUT2D eigenvalue weighted by Crippen LogP contribution is -2.29. The molecule has 1 aliphatic heterocycles. The van der Waals surface area contributed by atoms with E-state index in [2.05, 4.69) is 32.8 Å². The van der Waals surface area contributed by atoms with Crippen molar-refractivity contribution in [2.24, 2.45) is 0 Å². The monoisotopic (exact) mass is 381 g/mol. The van der Waals surface area contributed by atoms with Crippen LogP contribution in [0.15, 0.2) is 35.7 Å². The smallest absolute Gasteiger partial charge is 0.272 e.